The Hall–Kier alpha value is -1.66. The van der Waals surface area contributed by atoms with Crippen molar-refractivity contribution in [3.63, 3.8) is 0 Å². The molecule has 2 N–H and O–H groups in total. The van der Waals surface area contributed by atoms with Gasteiger partial charge in [-0.25, -0.2) is 9.59 Å². The zero-order chi connectivity index (χ0) is 20.2. The molecule has 0 aromatic carbocycles. The summed E-state index contributed by atoms with van der Waals surface area (Å²) in [6.45, 7) is 11.7. The maximum atomic E-state index is 11.7. The Morgan fingerprint density at radius 3 is 1.65 bits per heavy atom. The molecule has 0 aliphatic heterocycles. The fourth-order valence-electron chi connectivity index (χ4n) is 2.25. The van der Waals surface area contributed by atoms with E-state index < -0.39 is 24.0 Å². The Kier molecular flexibility index (Phi) is 11.8. The molecule has 0 fully saturated rings. The van der Waals surface area contributed by atoms with E-state index in [1.54, 1.807) is 0 Å². The van der Waals surface area contributed by atoms with Crippen LogP contribution in [0.2, 0.25) is 0 Å². The molecule has 0 bridgehead atoms. The zero-order valence-electron chi connectivity index (χ0n) is 16.4. The van der Waals surface area contributed by atoms with Crippen molar-refractivity contribution in [3.8, 4) is 0 Å². The summed E-state index contributed by atoms with van der Waals surface area (Å²) in [6, 6.07) is 0. The molecule has 1 atom stereocenters. The second-order valence-electron chi connectivity index (χ2n) is 6.75. The van der Waals surface area contributed by atoms with Crippen LogP contribution >= 0.6 is 0 Å². The van der Waals surface area contributed by atoms with Crippen molar-refractivity contribution in [1.82, 2.24) is 0 Å². The van der Waals surface area contributed by atoms with Gasteiger partial charge in [0.2, 0.25) is 0 Å². The second-order valence-corrected chi connectivity index (χ2v) is 6.75. The Bertz CT molecular complexity index is 455. The van der Waals surface area contributed by atoms with E-state index in [1.807, 2.05) is 0 Å². The lowest BCUT2D eigenvalue weighted by Gasteiger charge is -2.31. The number of unbranched alkanes of at least 4 members (excludes halogenated alkanes) is 7. The van der Waals surface area contributed by atoms with Crippen LogP contribution in [0.1, 0.15) is 78.6 Å². The van der Waals surface area contributed by atoms with Gasteiger partial charge in [-0.2, -0.15) is 0 Å². The van der Waals surface area contributed by atoms with Crippen molar-refractivity contribution in [1.29, 1.82) is 0 Å². The Morgan fingerprint density at radius 2 is 1.27 bits per heavy atom. The maximum Gasteiger partial charge on any atom is 0.401 e. The highest BCUT2D eigenvalue weighted by atomic mass is 16.8. The molecule has 6 nitrogen and oxygen atoms in total. The van der Waals surface area contributed by atoms with Gasteiger partial charge in [-0.3, -0.25) is 0 Å². The van der Waals surface area contributed by atoms with Crippen LogP contribution in [0.4, 0.5) is 0 Å². The number of esters is 2. The lowest BCUT2D eigenvalue weighted by molar-refractivity contribution is -0.359. The third-order valence-electron chi connectivity index (χ3n) is 3.93. The molecule has 0 spiro atoms. The number of carbonyl (C=O) groups excluding carboxylic acids is 2. The number of hydrogen-bond donors (Lipinski definition) is 2. The number of ether oxygens (including phenoxy) is 2. The van der Waals surface area contributed by atoms with Gasteiger partial charge in [0.25, 0.3) is 0 Å². The largest absolute Gasteiger partial charge is 0.401 e. The highest BCUT2D eigenvalue weighted by Gasteiger charge is 2.44. The van der Waals surface area contributed by atoms with Gasteiger partial charge in [0.15, 0.2) is 6.10 Å². The van der Waals surface area contributed by atoms with E-state index >= 15 is 0 Å². The molecule has 0 aromatic rings. The van der Waals surface area contributed by atoms with Crippen LogP contribution in [0.3, 0.4) is 0 Å². The van der Waals surface area contributed by atoms with E-state index in [9.17, 15) is 19.8 Å². The summed E-state index contributed by atoms with van der Waals surface area (Å²) in [6.07, 6.45) is 7.03. The third-order valence-corrected chi connectivity index (χ3v) is 3.93. The van der Waals surface area contributed by atoms with E-state index in [1.165, 1.54) is 39.5 Å². The molecule has 6 heteroatoms. The van der Waals surface area contributed by atoms with Crippen molar-refractivity contribution >= 4 is 11.9 Å². The quantitative estimate of drug-likeness (QED) is 0.209. The van der Waals surface area contributed by atoms with Gasteiger partial charge in [0.05, 0.1) is 0 Å². The first-order valence-corrected chi connectivity index (χ1v) is 9.32. The number of carbonyl (C=O) groups is 2. The summed E-state index contributed by atoms with van der Waals surface area (Å²) >= 11 is 0. The number of aliphatic hydroxyl groups is 2. The first kappa shape index (κ1) is 24.3. The molecule has 0 aliphatic rings. The predicted octanol–water partition coefficient (Wildman–Crippen LogP) is 3.76. The highest BCUT2D eigenvalue weighted by molar-refractivity contribution is 5.88. The van der Waals surface area contributed by atoms with Gasteiger partial charge in [0, 0.05) is 11.1 Å². The summed E-state index contributed by atoms with van der Waals surface area (Å²) < 4.78 is 9.57. The van der Waals surface area contributed by atoms with E-state index in [0.29, 0.717) is 6.42 Å². The Labute approximate surface area is 156 Å². The van der Waals surface area contributed by atoms with E-state index in [0.717, 1.165) is 19.3 Å². The maximum absolute atomic E-state index is 11.7. The number of aliphatic hydroxyl groups excluding tert-OH is 1. The van der Waals surface area contributed by atoms with Crippen LogP contribution in [0.5, 0.6) is 0 Å². The second kappa shape index (κ2) is 12.7. The van der Waals surface area contributed by atoms with E-state index in [2.05, 4.69) is 20.1 Å². The van der Waals surface area contributed by atoms with Crippen LogP contribution in [-0.4, -0.2) is 34.2 Å². The average molecular weight is 370 g/mol. The summed E-state index contributed by atoms with van der Waals surface area (Å²) in [7, 11) is 0. The normalized spacial score (nSPS) is 12.3. The standard InChI is InChI=1S/C20H34O6/c1-6-7-8-9-10-11-12-13-14-17(21)20(24,25-18(22)15(2)3)26-19(23)16(4)5/h17,21,24H,2,4,6-14H2,1,3,5H3. The molecule has 0 amide bonds. The van der Waals surface area contributed by atoms with Crippen LogP contribution in [-0.2, 0) is 19.1 Å². The fraction of sp³-hybridized carbons (Fsp3) is 0.700. The molecule has 150 valence electrons. The minimum absolute atomic E-state index is 0.00841. The van der Waals surface area contributed by atoms with Crippen molar-refractivity contribution < 1.29 is 29.3 Å². The molecule has 0 saturated heterocycles. The average Bonchev–Trinajstić information content (AvgIpc) is 2.56. The Balaban J connectivity index is 4.57. The molecule has 0 aromatic heterocycles. The molecule has 0 radical (unpaired) electrons. The SMILES string of the molecule is C=C(C)C(=O)OC(O)(OC(=O)C(=C)C)C(O)CCCCCCCCCC. The lowest BCUT2D eigenvalue weighted by atomic mass is 10.0. The van der Waals surface area contributed by atoms with Gasteiger partial charge in [-0.15, -0.1) is 0 Å². The zero-order valence-corrected chi connectivity index (χ0v) is 16.4. The number of rotatable bonds is 14. The minimum atomic E-state index is -2.76. The molecule has 0 aliphatic carbocycles. The minimum Gasteiger partial charge on any atom is -0.393 e. The van der Waals surface area contributed by atoms with Crippen molar-refractivity contribution in [2.75, 3.05) is 0 Å². The lowest BCUT2D eigenvalue weighted by Crippen LogP contribution is -2.50. The topological polar surface area (TPSA) is 93.1 Å². The summed E-state index contributed by atoms with van der Waals surface area (Å²) in [5.41, 5.74) is 0.0168. The Morgan fingerprint density at radius 1 is 0.885 bits per heavy atom. The van der Waals surface area contributed by atoms with Crippen LogP contribution < -0.4 is 0 Å². The monoisotopic (exact) mass is 370 g/mol. The first-order chi connectivity index (χ1) is 12.1. The molecule has 1 unspecified atom stereocenters. The van der Waals surface area contributed by atoms with Crippen LogP contribution in [0, 0.1) is 0 Å². The third kappa shape index (κ3) is 9.73. The number of hydrogen-bond acceptors (Lipinski definition) is 6. The van der Waals surface area contributed by atoms with E-state index in [4.69, 9.17) is 9.47 Å². The molecular formula is C20H34O6. The van der Waals surface area contributed by atoms with Crippen molar-refractivity contribution in [2.24, 2.45) is 0 Å². The van der Waals surface area contributed by atoms with Gasteiger partial charge < -0.3 is 19.7 Å². The van der Waals surface area contributed by atoms with Crippen LogP contribution in [0.15, 0.2) is 24.3 Å². The first-order valence-electron chi connectivity index (χ1n) is 9.32. The predicted molar refractivity (Wildman–Crippen MR) is 100.0 cm³/mol. The summed E-state index contributed by atoms with van der Waals surface area (Å²) in [4.78, 5) is 23.4. The van der Waals surface area contributed by atoms with Gasteiger partial charge in [-0.05, 0) is 20.3 Å². The van der Waals surface area contributed by atoms with Gasteiger partial charge in [-0.1, -0.05) is 71.4 Å². The van der Waals surface area contributed by atoms with Gasteiger partial charge >= 0.3 is 17.9 Å². The fourth-order valence-corrected chi connectivity index (χ4v) is 2.25. The summed E-state index contributed by atoms with van der Waals surface area (Å²) in [5, 5.41) is 20.6. The molecule has 0 heterocycles. The van der Waals surface area contributed by atoms with E-state index in [-0.39, 0.29) is 17.6 Å². The molecular weight excluding hydrogens is 336 g/mol. The van der Waals surface area contributed by atoms with Gasteiger partial charge in [0.1, 0.15) is 0 Å². The van der Waals surface area contributed by atoms with Crippen LogP contribution in [0.25, 0.3) is 0 Å². The molecule has 26 heavy (non-hydrogen) atoms. The summed E-state index contributed by atoms with van der Waals surface area (Å²) in [5.74, 6) is -4.68. The molecule has 0 saturated carbocycles. The smallest absolute Gasteiger partial charge is 0.393 e. The molecule has 0 rings (SSSR count). The van der Waals surface area contributed by atoms with Crippen molar-refractivity contribution in [2.45, 2.75) is 90.6 Å². The highest BCUT2D eigenvalue weighted by Crippen LogP contribution is 2.23. The van der Waals surface area contributed by atoms with Crippen molar-refractivity contribution in [3.05, 3.63) is 24.3 Å².